The van der Waals surface area contributed by atoms with E-state index < -0.39 is 80.7 Å². The Bertz CT molecular complexity index is 3030. The van der Waals surface area contributed by atoms with Crippen molar-refractivity contribution in [1.82, 2.24) is 30.2 Å². The first-order chi connectivity index (χ1) is 37.1. The predicted molar refractivity (Wildman–Crippen MR) is 273 cm³/mol. The number of carbonyl (C=O) groups is 10. The largest absolute Gasteiger partial charge is 0.508 e. The second-order valence-electron chi connectivity index (χ2n) is 21.0. The van der Waals surface area contributed by atoms with Crippen LogP contribution < -0.4 is 15.4 Å². The number of phenols is 1. The molecule has 4 fully saturated rings. The van der Waals surface area contributed by atoms with Gasteiger partial charge in [0, 0.05) is 12.8 Å². The molecule has 0 saturated carbocycles. The monoisotopic (exact) mass is 1120 g/mol. The highest BCUT2D eigenvalue weighted by Gasteiger charge is 2.46. The molecule has 9 rings (SSSR count). The maximum atomic E-state index is 12.8. The number of piperidine rings is 2. The summed E-state index contributed by atoms with van der Waals surface area (Å²) in [5.74, 6) is -4.25. The van der Waals surface area contributed by atoms with Crippen molar-refractivity contribution in [2.45, 2.75) is 115 Å². The van der Waals surface area contributed by atoms with Crippen LogP contribution in [0.5, 0.6) is 11.5 Å². The Labute approximate surface area is 454 Å². The van der Waals surface area contributed by atoms with E-state index in [1.54, 1.807) is 28.0 Å². The molecule has 0 radical (unpaired) electrons. The Morgan fingerprint density at radius 3 is 1.47 bits per heavy atom. The van der Waals surface area contributed by atoms with E-state index in [9.17, 15) is 61.5 Å². The molecule has 10 amide bonds. The van der Waals surface area contributed by atoms with Crippen molar-refractivity contribution in [2.75, 3.05) is 52.6 Å². The number of imide groups is 4. The second kappa shape index (κ2) is 24.1. The number of carbonyl (C=O) groups excluding carboxylic acids is 10. The number of nitrogens with one attached hydrogen (secondary N) is 2. The SMILES string of the molecule is CC(C)(C)OC(=O)N1CC(OCCOc2ccc3c(c2)C(=O)N(C2CCC(=O)NC2=O)C3=O)C1.Cc1ccc(S(=O)(=O)OCCOC2CN(C(=O)OC(C)(C)C)C2)cc1.O=C1CCC(N2C(=O)c3ccc(O)cc3C2=O)C(=O)N1. The number of aromatic hydroxyl groups is 1. The minimum Gasteiger partial charge on any atom is -0.508 e. The summed E-state index contributed by atoms with van der Waals surface area (Å²) in [6.45, 7) is 15.0. The van der Waals surface area contributed by atoms with Crippen LogP contribution in [-0.2, 0) is 52.4 Å². The van der Waals surface area contributed by atoms with Crippen LogP contribution >= 0.6 is 0 Å². The van der Waals surface area contributed by atoms with E-state index in [1.807, 2.05) is 48.5 Å². The summed E-state index contributed by atoms with van der Waals surface area (Å²) in [5.41, 5.74) is 0.466. The van der Waals surface area contributed by atoms with Crippen molar-refractivity contribution in [1.29, 1.82) is 0 Å². The lowest BCUT2D eigenvalue weighted by Gasteiger charge is -2.39. The summed E-state index contributed by atoms with van der Waals surface area (Å²) in [6.07, 6.45) is -0.608. The summed E-state index contributed by atoms with van der Waals surface area (Å²) in [7, 11) is -3.77. The van der Waals surface area contributed by atoms with Gasteiger partial charge >= 0.3 is 12.2 Å². The van der Waals surface area contributed by atoms with Gasteiger partial charge in [-0.25, -0.2) is 9.59 Å². The smallest absolute Gasteiger partial charge is 0.410 e. The van der Waals surface area contributed by atoms with Crippen LogP contribution in [0.4, 0.5) is 9.59 Å². The zero-order valence-corrected chi connectivity index (χ0v) is 45.4. The Morgan fingerprint density at radius 2 is 1.01 bits per heavy atom. The lowest BCUT2D eigenvalue weighted by molar-refractivity contribution is -0.137. The van der Waals surface area contributed by atoms with E-state index in [-0.39, 0.29) is 109 Å². The highest BCUT2D eigenvalue weighted by Crippen LogP contribution is 2.32. The highest BCUT2D eigenvalue weighted by atomic mass is 32.2. The lowest BCUT2D eigenvalue weighted by Crippen LogP contribution is -2.56. The quantitative estimate of drug-likeness (QED) is 0.126. The fourth-order valence-corrected chi connectivity index (χ4v) is 9.44. The van der Waals surface area contributed by atoms with Gasteiger partial charge in [-0.2, -0.15) is 8.42 Å². The fraction of sp³-hybridized carbons (Fsp3) is 0.472. The van der Waals surface area contributed by atoms with E-state index in [0.29, 0.717) is 31.9 Å². The molecule has 2 atom stereocenters. The molecule has 25 nitrogen and oxygen atoms in total. The highest BCUT2D eigenvalue weighted by molar-refractivity contribution is 7.86. The summed E-state index contributed by atoms with van der Waals surface area (Å²) in [6, 6.07) is 12.8. The van der Waals surface area contributed by atoms with Gasteiger partial charge in [0.05, 0.1) is 85.4 Å². The summed E-state index contributed by atoms with van der Waals surface area (Å²) in [4.78, 5) is 125. The Hall–Kier alpha value is -7.81. The Kier molecular flexibility index (Phi) is 17.9. The Balaban J connectivity index is 0.000000178. The number of benzene rings is 3. The first kappa shape index (κ1) is 58.9. The van der Waals surface area contributed by atoms with Gasteiger partial charge in [0.1, 0.15) is 41.4 Å². The number of hydrogen-bond donors (Lipinski definition) is 3. The number of hydrogen-bond acceptors (Lipinski definition) is 19. The van der Waals surface area contributed by atoms with Gasteiger partial charge in [-0.1, -0.05) is 17.7 Å². The molecule has 6 aliphatic heterocycles. The molecular weight excluding hydrogens is 1060 g/mol. The van der Waals surface area contributed by atoms with Crippen molar-refractivity contribution in [3.8, 4) is 11.5 Å². The minimum absolute atomic E-state index is 0.0642. The molecule has 3 N–H and O–H groups in total. The molecule has 3 aromatic carbocycles. The van der Waals surface area contributed by atoms with Crippen molar-refractivity contribution in [2.24, 2.45) is 0 Å². The van der Waals surface area contributed by atoms with Crippen LogP contribution in [0.25, 0.3) is 0 Å². The van der Waals surface area contributed by atoms with E-state index >= 15 is 0 Å². The summed E-state index contributed by atoms with van der Waals surface area (Å²) in [5, 5.41) is 13.7. The number of phenolic OH excluding ortho intramolecular Hbond substituents is 1. The van der Waals surface area contributed by atoms with E-state index in [0.717, 1.165) is 15.4 Å². The summed E-state index contributed by atoms with van der Waals surface area (Å²) < 4.78 is 56.3. The standard InChI is InChI=1S/C23H27N3O8.C17H25NO6S.C13H10N2O5/c1-23(2,3)34-22(31)25-11-14(12-25)33-9-8-32-13-4-5-15-16(10-13)21(30)26(20(15)29)17-6-7-18(27)24-19(17)28;1-13-5-7-15(8-6-13)25(20,21)23-10-9-22-14-11-18(12-14)16(19)24-17(2,3)4;16-6-1-2-7-8(5-6)13(20)15(12(7)19)9-3-4-10(17)14-11(9)18/h4-5,10,14,17H,6-9,11-12H2,1-3H3,(H,24,27,28);5-8,14H,9-12H2,1-4H3;1-2,5,9,16H,3-4H2,(H,14,17,18). The number of rotatable bonds is 13. The topological polar surface area (TPSA) is 317 Å². The van der Waals surface area contributed by atoms with Crippen LogP contribution in [-0.4, -0.2) is 181 Å². The van der Waals surface area contributed by atoms with E-state index in [1.165, 1.54) is 42.5 Å². The van der Waals surface area contributed by atoms with Gasteiger partial charge in [0.15, 0.2) is 0 Å². The molecule has 6 aliphatic rings. The van der Waals surface area contributed by atoms with Crippen LogP contribution in [0.1, 0.15) is 114 Å². The normalized spacial score (nSPS) is 19.5. The molecule has 0 aromatic heterocycles. The minimum atomic E-state index is -3.77. The summed E-state index contributed by atoms with van der Waals surface area (Å²) >= 11 is 0. The molecule has 0 aliphatic carbocycles. The molecule has 0 spiro atoms. The predicted octanol–water partition coefficient (Wildman–Crippen LogP) is 3.23. The van der Waals surface area contributed by atoms with Crippen molar-refractivity contribution in [3.63, 3.8) is 0 Å². The number of aryl methyl sites for hydroxylation is 1. The van der Waals surface area contributed by atoms with E-state index in [2.05, 4.69) is 10.6 Å². The number of likely N-dealkylation sites (tertiary alicyclic amines) is 2. The van der Waals surface area contributed by atoms with Crippen molar-refractivity contribution < 1.29 is 89.3 Å². The van der Waals surface area contributed by atoms with Gasteiger partial charge in [-0.3, -0.25) is 63.0 Å². The van der Waals surface area contributed by atoms with Gasteiger partial charge < -0.3 is 38.6 Å². The van der Waals surface area contributed by atoms with Crippen molar-refractivity contribution >= 4 is 69.6 Å². The Morgan fingerprint density at radius 1 is 0.582 bits per heavy atom. The number of amides is 10. The fourth-order valence-electron chi connectivity index (χ4n) is 8.54. The maximum absolute atomic E-state index is 12.8. The van der Waals surface area contributed by atoms with E-state index in [4.69, 9.17) is 27.9 Å². The molecule has 26 heteroatoms. The average Bonchev–Trinajstić information content (AvgIpc) is 3.73. The lowest BCUT2D eigenvalue weighted by atomic mass is 10.0. The van der Waals surface area contributed by atoms with Gasteiger partial charge in [0.25, 0.3) is 33.7 Å². The van der Waals surface area contributed by atoms with Crippen LogP contribution in [0.15, 0.2) is 65.6 Å². The third-order valence-corrected chi connectivity index (χ3v) is 13.9. The van der Waals surface area contributed by atoms with Gasteiger partial charge in [-0.05, 0) is 110 Å². The zero-order chi connectivity index (χ0) is 57.7. The maximum Gasteiger partial charge on any atom is 0.410 e. The third-order valence-electron chi connectivity index (χ3n) is 12.5. The first-order valence-corrected chi connectivity index (χ1v) is 26.7. The average molecular weight is 1120 g/mol. The second-order valence-corrected chi connectivity index (χ2v) is 22.6. The number of nitrogens with zero attached hydrogens (tertiary/aromatic N) is 4. The van der Waals surface area contributed by atoms with Crippen LogP contribution in [0.3, 0.4) is 0 Å². The number of fused-ring (bicyclic) bond motifs is 2. The first-order valence-electron chi connectivity index (χ1n) is 25.3. The zero-order valence-electron chi connectivity index (χ0n) is 44.6. The van der Waals surface area contributed by atoms with Gasteiger partial charge in [0.2, 0.25) is 23.6 Å². The van der Waals surface area contributed by atoms with Crippen molar-refractivity contribution in [3.05, 3.63) is 88.5 Å². The molecule has 2 unspecified atom stereocenters. The van der Waals surface area contributed by atoms with Crippen LogP contribution in [0, 0.1) is 6.92 Å². The number of ether oxygens (including phenoxy) is 5. The van der Waals surface area contributed by atoms with Crippen LogP contribution in [0.2, 0.25) is 0 Å². The molecule has 424 valence electrons. The molecule has 3 aromatic rings. The molecule has 79 heavy (non-hydrogen) atoms. The van der Waals surface area contributed by atoms with Gasteiger partial charge in [-0.15, -0.1) is 0 Å². The molecular formula is C53H62N6O19S. The molecule has 6 heterocycles. The molecule has 0 bridgehead atoms. The molecule has 4 saturated heterocycles. The third kappa shape index (κ3) is 14.7.